The summed E-state index contributed by atoms with van der Waals surface area (Å²) in [5, 5.41) is 59.4. The van der Waals surface area contributed by atoms with Crippen LogP contribution in [0.5, 0.6) is 0 Å². The Morgan fingerprint density at radius 1 is 0.333 bits per heavy atom. The van der Waals surface area contributed by atoms with Gasteiger partial charge in [0.15, 0.2) is 0 Å². The van der Waals surface area contributed by atoms with Gasteiger partial charge in [0, 0.05) is 66.6 Å². The summed E-state index contributed by atoms with van der Waals surface area (Å²) >= 11 is 0. The lowest BCUT2D eigenvalue weighted by Gasteiger charge is -2.15. The van der Waals surface area contributed by atoms with Crippen LogP contribution in [0.3, 0.4) is 0 Å². The molecular weight excluding hydrogens is 1080 g/mol. The van der Waals surface area contributed by atoms with Gasteiger partial charge in [-0.1, -0.05) is 72.8 Å². The van der Waals surface area contributed by atoms with E-state index >= 15 is 0 Å². The number of carboxylic acids is 4. The molecule has 7 aromatic rings. The summed E-state index contributed by atoms with van der Waals surface area (Å²) in [5.41, 5.74) is 7.44. The maximum atomic E-state index is 13.5. The van der Waals surface area contributed by atoms with Crippen LogP contribution in [0.15, 0.2) is 121 Å². The number of aromatic nitrogens is 4. The molecule has 3 aromatic heterocycles. The van der Waals surface area contributed by atoms with Crippen molar-refractivity contribution in [1.82, 2.24) is 41.2 Å². The number of aromatic amines is 2. The summed E-state index contributed by atoms with van der Waals surface area (Å²) in [7, 11) is 0. The SMILES string of the molecule is CC(NC(=O)Nc1ccccc1-c1c2nc(c(-c3ccccc3NC(=O)NC(C)C(=O)O)c3ccc([nH]3)c(-c3ccccc3NC(=O)NC(C)C(=O)O)c3nc(c(-c4ccccc4NC(=O)NC(C)C(=O)O)c4ccc1[nH]4)C=C3)C=C2)C(=O)O. The van der Waals surface area contributed by atoms with Gasteiger partial charge >= 0.3 is 48.0 Å². The quantitative estimate of drug-likeness (QED) is 0.0428. The predicted molar refractivity (Wildman–Crippen MR) is 318 cm³/mol. The van der Waals surface area contributed by atoms with E-state index < -0.39 is 72.2 Å². The van der Waals surface area contributed by atoms with E-state index in [0.717, 1.165) is 0 Å². The van der Waals surface area contributed by atoms with Crippen LogP contribution in [-0.4, -0.2) is 113 Å². The first-order chi connectivity index (χ1) is 40.2. The maximum absolute atomic E-state index is 13.5. The van der Waals surface area contributed by atoms with Gasteiger partial charge in [-0.3, -0.25) is 19.2 Å². The van der Waals surface area contributed by atoms with Gasteiger partial charge in [-0.15, -0.1) is 0 Å². The number of anilines is 4. The largest absolute Gasteiger partial charge is 0.480 e. The molecule has 0 saturated heterocycles. The Labute approximate surface area is 477 Å². The van der Waals surface area contributed by atoms with E-state index in [1.54, 1.807) is 146 Å². The molecule has 4 atom stereocenters. The Hall–Kier alpha value is -11.6. The Morgan fingerprint density at radius 2 is 0.536 bits per heavy atom. The standard InChI is InChI=1S/C60H54N12O12/c1-29(53(73)74)61-57(81)69-37-17-9-5-13-33(37)49-41-21-23-43(65-41)50(34-14-6-10-18-38(34)70-58(82)62-30(2)54(75)76)45-25-27-47(67-45)52(36-16-8-12-20-40(36)72-60(84)64-32(4)56(79)80)48-28-26-46(68-48)51(44-24-22-42(49)66-44)35-15-7-11-19-39(35)71-59(83)63-31(3)55(77)78/h5-32,65,68H,1-4H3,(H,73,74)(H,75,76)(H,77,78)(H,79,80)(H2,61,69,81)(H2,62,70,82)(H2,63,71,83)(H2,64,72,84). The lowest BCUT2D eigenvalue weighted by molar-refractivity contribution is -0.139. The molecule has 84 heavy (non-hydrogen) atoms. The second kappa shape index (κ2) is 24.4. The third-order valence-electron chi connectivity index (χ3n) is 13.4. The fraction of sp³-hybridized carbons (Fsp3) is 0.133. The van der Waals surface area contributed by atoms with E-state index in [2.05, 4.69) is 52.5 Å². The zero-order chi connectivity index (χ0) is 59.9. The molecule has 0 saturated carbocycles. The molecule has 14 N–H and O–H groups in total. The average molecular weight is 1140 g/mol. The summed E-state index contributed by atoms with van der Waals surface area (Å²) in [4.78, 5) is 119. The number of H-pyrrole nitrogens is 2. The molecule has 426 valence electrons. The smallest absolute Gasteiger partial charge is 0.325 e. The first-order valence-corrected chi connectivity index (χ1v) is 26.0. The molecule has 4 unspecified atom stereocenters. The highest BCUT2D eigenvalue weighted by molar-refractivity contribution is 6.08. The third kappa shape index (κ3) is 12.6. The van der Waals surface area contributed by atoms with Gasteiger partial charge in [-0.05, 0) is 101 Å². The molecule has 2 aliphatic heterocycles. The molecule has 0 spiro atoms. The van der Waals surface area contributed by atoms with Crippen LogP contribution in [0.4, 0.5) is 41.9 Å². The Kier molecular flexibility index (Phi) is 16.6. The van der Waals surface area contributed by atoms with Crippen molar-refractivity contribution in [3.8, 4) is 44.5 Å². The number of carbonyl (C=O) groups is 8. The lowest BCUT2D eigenvalue weighted by Crippen LogP contribution is -2.40. The number of nitrogens with zero attached hydrogens (tertiary/aromatic N) is 2. The summed E-state index contributed by atoms with van der Waals surface area (Å²) in [6.45, 7) is 5.26. The van der Waals surface area contributed by atoms with Crippen molar-refractivity contribution in [2.75, 3.05) is 21.3 Å². The van der Waals surface area contributed by atoms with Gasteiger partial charge in [0.25, 0.3) is 0 Å². The number of hydrogen-bond donors (Lipinski definition) is 14. The number of rotatable bonds is 16. The van der Waals surface area contributed by atoms with Crippen molar-refractivity contribution in [3.05, 3.63) is 144 Å². The highest BCUT2D eigenvalue weighted by atomic mass is 16.4. The van der Waals surface area contributed by atoms with Crippen molar-refractivity contribution in [2.24, 2.45) is 0 Å². The van der Waals surface area contributed by atoms with Crippen LogP contribution in [0, 0.1) is 0 Å². The Bertz CT molecular complexity index is 3580. The Balaban J connectivity index is 1.40. The number of nitrogens with one attached hydrogen (secondary N) is 10. The number of hydrogen-bond acceptors (Lipinski definition) is 10. The molecule has 0 radical (unpaired) electrons. The van der Waals surface area contributed by atoms with Gasteiger partial charge < -0.3 is 72.9 Å². The highest BCUT2D eigenvalue weighted by Gasteiger charge is 2.26. The number of urea groups is 4. The van der Waals surface area contributed by atoms with Crippen LogP contribution in [0.1, 0.15) is 50.5 Å². The average Bonchev–Trinajstić information content (AvgIpc) is 3.31. The summed E-state index contributed by atoms with van der Waals surface area (Å²) in [6.07, 6.45) is 6.98. The van der Waals surface area contributed by atoms with Crippen LogP contribution in [0.25, 0.3) is 90.9 Å². The topological polar surface area (TPSA) is 371 Å². The molecule has 0 fully saturated rings. The molecule has 8 bridgehead atoms. The van der Waals surface area contributed by atoms with Crippen LogP contribution >= 0.6 is 0 Å². The van der Waals surface area contributed by atoms with Gasteiger partial charge in [0.1, 0.15) is 24.2 Å². The molecule has 0 aliphatic carbocycles. The molecule has 4 aromatic carbocycles. The van der Waals surface area contributed by atoms with Gasteiger partial charge in [-0.25, -0.2) is 29.1 Å². The first kappa shape index (κ1) is 57.1. The summed E-state index contributed by atoms with van der Waals surface area (Å²) in [6, 6.07) is 26.0. The molecule has 9 rings (SSSR count). The number of benzene rings is 4. The van der Waals surface area contributed by atoms with Crippen molar-refractivity contribution in [1.29, 1.82) is 0 Å². The molecule has 24 heteroatoms. The van der Waals surface area contributed by atoms with Gasteiger partial charge in [0.05, 0.1) is 45.5 Å². The van der Waals surface area contributed by atoms with Crippen LogP contribution in [-0.2, 0) is 19.2 Å². The number of aliphatic carboxylic acids is 4. The molecule has 8 amide bonds. The number of carbonyl (C=O) groups excluding carboxylic acids is 4. The Morgan fingerprint density at radius 3 is 0.738 bits per heavy atom. The normalized spacial score (nSPS) is 12.8. The molecule has 5 heterocycles. The first-order valence-electron chi connectivity index (χ1n) is 26.0. The monoisotopic (exact) mass is 1130 g/mol. The van der Waals surface area contributed by atoms with Crippen LogP contribution in [0.2, 0.25) is 0 Å². The number of carboxylic acid groups (broad SMARTS) is 4. The number of amides is 8. The van der Waals surface area contributed by atoms with Crippen molar-refractivity contribution >= 4 is 117 Å². The second-order valence-corrected chi connectivity index (χ2v) is 19.3. The summed E-state index contributed by atoms with van der Waals surface area (Å²) < 4.78 is 0. The van der Waals surface area contributed by atoms with Crippen molar-refractivity contribution in [2.45, 2.75) is 51.9 Å². The third-order valence-corrected chi connectivity index (χ3v) is 13.4. The molecule has 2 aliphatic rings. The van der Waals surface area contributed by atoms with Crippen molar-refractivity contribution in [3.63, 3.8) is 0 Å². The van der Waals surface area contributed by atoms with E-state index in [4.69, 9.17) is 9.97 Å². The fourth-order valence-corrected chi connectivity index (χ4v) is 9.25. The van der Waals surface area contributed by atoms with E-state index in [9.17, 15) is 58.8 Å². The second-order valence-electron chi connectivity index (χ2n) is 19.3. The molecular formula is C60H54N12O12. The number of fused-ring (bicyclic) bond motifs is 8. The van der Waals surface area contributed by atoms with Crippen molar-refractivity contribution < 1.29 is 58.8 Å². The summed E-state index contributed by atoms with van der Waals surface area (Å²) in [5.74, 6) is -5.05. The predicted octanol–water partition coefficient (Wildman–Crippen LogP) is 9.70. The minimum Gasteiger partial charge on any atom is -0.480 e. The van der Waals surface area contributed by atoms with Gasteiger partial charge in [0.2, 0.25) is 0 Å². The lowest BCUT2D eigenvalue weighted by atomic mass is 10.0. The zero-order valence-electron chi connectivity index (χ0n) is 45.1. The van der Waals surface area contributed by atoms with E-state index in [1.165, 1.54) is 27.7 Å². The van der Waals surface area contributed by atoms with E-state index in [0.29, 0.717) is 89.4 Å². The minimum atomic E-state index is -1.26. The number of para-hydroxylation sites is 4. The zero-order valence-corrected chi connectivity index (χ0v) is 45.1. The van der Waals surface area contributed by atoms with E-state index in [1.807, 2.05) is 0 Å². The maximum Gasteiger partial charge on any atom is 0.325 e. The molecule has 24 nitrogen and oxygen atoms in total. The fourth-order valence-electron chi connectivity index (χ4n) is 9.25. The van der Waals surface area contributed by atoms with E-state index in [-0.39, 0.29) is 22.7 Å². The highest BCUT2D eigenvalue weighted by Crippen LogP contribution is 2.43. The van der Waals surface area contributed by atoms with Gasteiger partial charge in [-0.2, -0.15) is 0 Å². The minimum absolute atomic E-state index is 0.251. The van der Waals surface area contributed by atoms with Crippen LogP contribution < -0.4 is 42.5 Å².